The third-order valence-electron chi connectivity index (χ3n) is 5.56. The molecular weight excluding hydrogens is 436 g/mol. The van der Waals surface area contributed by atoms with Gasteiger partial charge in [0.1, 0.15) is 12.4 Å². The van der Waals surface area contributed by atoms with Crippen molar-refractivity contribution in [3.05, 3.63) is 54.7 Å². The molecule has 9 heteroatoms. The summed E-state index contributed by atoms with van der Waals surface area (Å²) in [5.74, 6) is 1.55. The second kappa shape index (κ2) is 11.5. The number of amides is 1. The molecule has 180 valence electrons. The maximum Gasteiger partial charge on any atom is 0.262 e. The minimum Gasteiger partial charge on any atom is -0.493 e. The first-order valence-corrected chi connectivity index (χ1v) is 11.2. The monoisotopic (exact) mass is 466 g/mol. The molecular formula is C25H30N4O5. The lowest BCUT2D eigenvalue weighted by Gasteiger charge is -2.26. The van der Waals surface area contributed by atoms with Crippen LogP contribution in [0.2, 0.25) is 0 Å². The van der Waals surface area contributed by atoms with E-state index in [1.807, 2.05) is 43.4 Å². The Balaban J connectivity index is 1.42. The van der Waals surface area contributed by atoms with Gasteiger partial charge in [-0.2, -0.15) is 5.10 Å². The SMILES string of the molecule is COc1ccccc1OCC(=O)Nc1ccc(OCCN2CCOCC2)c(-c2ccnn2C)c1. The molecule has 0 atom stereocenters. The number of nitrogens with zero attached hydrogens (tertiary/aromatic N) is 3. The Morgan fingerprint density at radius 2 is 1.85 bits per heavy atom. The number of aryl methyl sites for hydroxylation is 1. The van der Waals surface area contributed by atoms with Gasteiger partial charge < -0.3 is 24.3 Å². The first-order chi connectivity index (χ1) is 16.6. The number of anilines is 1. The predicted molar refractivity (Wildman–Crippen MR) is 129 cm³/mol. The standard InChI is InChI=1S/C25H30N4O5/c1-28-21(9-10-26-28)20-17-19(7-8-22(20)33-16-13-29-11-14-32-15-12-29)27-25(30)18-34-24-6-4-3-5-23(24)31-2/h3-10,17H,11-16,18H2,1-2H3,(H,27,30). The number of carbonyl (C=O) groups excluding carboxylic acids is 1. The number of rotatable bonds is 10. The van der Waals surface area contributed by atoms with E-state index in [4.69, 9.17) is 18.9 Å². The highest BCUT2D eigenvalue weighted by molar-refractivity contribution is 5.93. The molecule has 1 amide bonds. The van der Waals surface area contributed by atoms with Gasteiger partial charge in [-0.05, 0) is 36.4 Å². The number of para-hydroxylation sites is 2. The fraction of sp³-hybridized carbons (Fsp3) is 0.360. The van der Waals surface area contributed by atoms with Crippen molar-refractivity contribution in [2.75, 3.05) is 58.5 Å². The molecule has 1 aromatic heterocycles. The molecule has 1 saturated heterocycles. The molecule has 1 aliphatic heterocycles. The second-order valence-corrected chi connectivity index (χ2v) is 7.84. The molecule has 1 N–H and O–H groups in total. The average molecular weight is 467 g/mol. The first kappa shape index (κ1) is 23.6. The van der Waals surface area contributed by atoms with Crippen molar-refractivity contribution in [1.29, 1.82) is 0 Å². The Kier molecular flexibility index (Phi) is 8.00. The van der Waals surface area contributed by atoms with Gasteiger partial charge in [0.25, 0.3) is 5.91 Å². The van der Waals surface area contributed by atoms with Crippen molar-refractivity contribution < 1.29 is 23.7 Å². The van der Waals surface area contributed by atoms with E-state index in [0.29, 0.717) is 23.8 Å². The van der Waals surface area contributed by atoms with E-state index in [2.05, 4.69) is 15.3 Å². The number of morpholine rings is 1. The zero-order valence-electron chi connectivity index (χ0n) is 19.5. The van der Waals surface area contributed by atoms with Gasteiger partial charge >= 0.3 is 0 Å². The van der Waals surface area contributed by atoms with E-state index in [1.165, 1.54) is 0 Å². The van der Waals surface area contributed by atoms with Gasteiger partial charge in [-0.1, -0.05) is 12.1 Å². The van der Waals surface area contributed by atoms with E-state index < -0.39 is 0 Å². The summed E-state index contributed by atoms with van der Waals surface area (Å²) in [7, 11) is 3.44. The van der Waals surface area contributed by atoms with E-state index in [-0.39, 0.29) is 12.5 Å². The number of hydrogen-bond acceptors (Lipinski definition) is 7. The lowest BCUT2D eigenvalue weighted by molar-refractivity contribution is -0.118. The number of ether oxygens (including phenoxy) is 4. The number of hydrogen-bond donors (Lipinski definition) is 1. The summed E-state index contributed by atoms with van der Waals surface area (Å²) in [6.07, 6.45) is 1.74. The Hall–Kier alpha value is -3.56. The third kappa shape index (κ3) is 6.06. The molecule has 4 rings (SSSR count). The molecule has 1 fully saturated rings. The van der Waals surface area contributed by atoms with Gasteiger partial charge in [-0.3, -0.25) is 14.4 Å². The fourth-order valence-electron chi connectivity index (χ4n) is 3.76. The number of benzene rings is 2. The van der Waals surface area contributed by atoms with Crippen LogP contribution in [0.15, 0.2) is 54.7 Å². The highest BCUT2D eigenvalue weighted by atomic mass is 16.5. The van der Waals surface area contributed by atoms with Crippen LogP contribution in [0, 0.1) is 0 Å². The van der Waals surface area contributed by atoms with Crippen LogP contribution in [0.1, 0.15) is 0 Å². The fourth-order valence-corrected chi connectivity index (χ4v) is 3.76. The molecule has 1 aliphatic rings. The lowest BCUT2D eigenvalue weighted by Crippen LogP contribution is -2.38. The maximum atomic E-state index is 12.5. The Bertz CT molecular complexity index is 1090. The van der Waals surface area contributed by atoms with Crippen LogP contribution in [0.3, 0.4) is 0 Å². The van der Waals surface area contributed by atoms with Gasteiger partial charge in [0.05, 0.1) is 26.0 Å². The Morgan fingerprint density at radius 3 is 2.59 bits per heavy atom. The van der Waals surface area contributed by atoms with Crippen molar-refractivity contribution in [1.82, 2.24) is 14.7 Å². The molecule has 0 unspecified atom stereocenters. The zero-order chi connectivity index (χ0) is 23.8. The van der Waals surface area contributed by atoms with Crippen molar-refractivity contribution in [3.63, 3.8) is 0 Å². The molecule has 2 aromatic carbocycles. The number of carbonyl (C=O) groups is 1. The maximum absolute atomic E-state index is 12.5. The number of methoxy groups -OCH3 is 1. The lowest BCUT2D eigenvalue weighted by atomic mass is 10.1. The minimum atomic E-state index is -0.275. The summed E-state index contributed by atoms with van der Waals surface area (Å²) in [5.41, 5.74) is 2.39. The van der Waals surface area contributed by atoms with Gasteiger partial charge in [0.15, 0.2) is 18.1 Å². The van der Waals surface area contributed by atoms with Crippen LogP contribution < -0.4 is 19.5 Å². The van der Waals surface area contributed by atoms with Crippen LogP contribution in [0.25, 0.3) is 11.3 Å². The Morgan fingerprint density at radius 1 is 1.06 bits per heavy atom. The van der Waals surface area contributed by atoms with Gasteiger partial charge in [0, 0.05) is 44.1 Å². The largest absolute Gasteiger partial charge is 0.493 e. The van der Waals surface area contributed by atoms with E-state index in [9.17, 15) is 4.79 Å². The highest BCUT2D eigenvalue weighted by Crippen LogP contribution is 2.32. The average Bonchev–Trinajstić information content (AvgIpc) is 3.30. The van der Waals surface area contributed by atoms with Crippen molar-refractivity contribution >= 4 is 11.6 Å². The van der Waals surface area contributed by atoms with Crippen LogP contribution in [-0.2, 0) is 16.6 Å². The number of nitrogens with one attached hydrogen (secondary N) is 1. The van der Waals surface area contributed by atoms with Crippen molar-refractivity contribution in [3.8, 4) is 28.5 Å². The third-order valence-corrected chi connectivity index (χ3v) is 5.56. The van der Waals surface area contributed by atoms with Crippen LogP contribution in [0.5, 0.6) is 17.2 Å². The molecule has 0 radical (unpaired) electrons. The topological polar surface area (TPSA) is 87.1 Å². The predicted octanol–water partition coefficient (Wildman–Crippen LogP) is 2.82. The normalized spacial score (nSPS) is 13.9. The molecule has 2 heterocycles. The first-order valence-electron chi connectivity index (χ1n) is 11.2. The summed E-state index contributed by atoms with van der Waals surface area (Å²) < 4.78 is 24.2. The van der Waals surface area contributed by atoms with E-state index in [0.717, 1.165) is 49.9 Å². The summed E-state index contributed by atoms with van der Waals surface area (Å²) in [6, 6.07) is 14.7. The van der Waals surface area contributed by atoms with E-state index in [1.54, 1.807) is 30.1 Å². The van der Waals surface area contributed by atoms with Gasteiger partial charge in [0.2, 0.25) is 0 Å². The molecule has 9 nitrogen and oxygen atoms in total. The smallest absolute Gasteiger partial charge is 0.262 e. The molecule has 0 aliphatic carbocycles. The van der Waals surface area contributed by atoms with E-state index >= 15 is 0 Å². The molecule has 3 aromatic rings. The molecule has 0 spiro atoms. The molecule has 0 bridgehead atoms. The van der Waals surface area contributed by atoms with Crippen LogP contribution >= 0.6 is 0 Å². The Labute approximate surface area is 199 Å². The number of aromatic nitrogens is 2. The minimum absolute atomic E-state index is 0.140. The molecule has 0 saturated carbocycles. The summed E-state index contributed by atoms with van der Waals surface area (Å²) in [6.45, 7) is 4.60. The quantitative estimate of drug-likeness (QED) is 0.492. The zero-order valence-corrected chi connectivity index (χ0v) is 19.5. The summed E-state index contributed by atoms with van der Waals surface area (Å²) in [5, 5.41) is 7.17. The van der Waals surface area contributed by atoms with Gasteiger partial charge in [-0.15, -0.1) is 0 Å². The van der Waals surface area contributed by atoms with Gasteiger partial charge in [-0.25, -0.2) is 0 Å². The second-order valence-electron chi connectivity index (χ2n) is 7.84. The summed E-state index contributed by atoms with van der Waals surface area (Å²) >= 11 is 0. The molecule has 34 heavy (non-hydrogen) atoms. The van der Waals surface area contributed by atoms with Crippen LogP contribution in [-0.4, -0.2) is 73.8 Å². The highest BCUT2D eigenvalue weighted by Gasteiger charge is 2.15. The van der Waals surface area contributed by atoms with Crippen LogP contribution in [0.4, 0.5) is 5.69 Å². The summed E-state index contributed by atoms with van der Waals surface area (Å²) in [4.78, 5) is 14.9. The van der Waals surface area contributed by atoms with Crippen molar-refractivity contribution in [2.45, 2.75) is 0 Å². The van der Waals surface area contributed by atoms with Crippen molar-refractivity contribution in [2.24, 2.45) is 7.05 Å².